The zero-order valence-electron chi connectivity index (χ0n) is 10.7. The number of rotatable bonds is 1. The predicted octanol–water partition coefficient (Wildman–Crippen LogP) is -2.05. The zero-order chi connectivity index (χ0) is 16.3. The second-order valence-electron chi connectivity index (χ2n) is 0.542. The molecule has 19 heavy (non-hydrogen) atoms. The first kappa shape index (κ1) is 66.7. The van der Waals surface area contributed by atoms with Gasteiger partial charge < -0.3 is 77.5 Å². The molecule has 0 bridgehead atoms. The van der Waals surface area contributed by atoms with Crippen molar-refractivity contribution < 1.29 is 79.8 Å². The second-order valence-corrected chi connectivity index (χ2v) is 0.542. The molecule has 0 aromatic carbocycles. The number of carbonyl (C=O) groups is 1. The maximum absolute atomic E-state index is 9.25. The first-order chi connectivity index (χ1) is 8.27. The van der Waals surface area contributed by atoms with Crippen molar-refractivity contribution in [2.45, 2.75) is 0 Å². The van der Waals surface area contributed by atoms with Crippen molar-refractivity contribution in [2.75, 3.05) is 0 Å². The molecule has 0 aromatic rings. The van der Waals surface area contributed by atoms with Crippen molar-refractivity contribution in [1.82, 2.24) is 0 Å². The Hall–Kier alpha value is -1.69. The van der Waals surface area contributed by atoms with Crippen molar-refractivity contribution in [1.29, 1.82) is 31.6 Å². The van der Waals surface area contributed by atoms with Crippen molar-refractivity contribution in [2.24, 2.45) is 0 Å². The van der Waals surface area contributed by atoms with Crippen molar-refractivity contribution in [3.8, 4) is 0 Å². The molecule has 0 amide bonds. The van der Waals surface area contributed by atoms with Crippen molar-refractivity contribution in [3.05, 3.63) is 52.1 Å². The van der Waals surface area contributed by atoms with Crippen LogP contribution >= 0.6 is 0 Å². The third-order valence-corrected chi connectivity index (χ3v) is 0.175. The van der Waals surface area contributed by atoms with E-state index < -0.39 is 5.97 Å². The molecule has 0 radical (unpaired) electrons. The average molecular weight is 324 g/mol. The van der Waals surface area contributed by atoms with Crippen LogP contribution in [0.1, 0.15) is 1.43 Å². The number of aliphatic carboxylic acids is 1. The standard InChI is InChI=1S/C3H4O2.6CN.Fe.K.H/c1-2-3(4)5;6*1-2;;;/h2H,1H2,(H,4,5);;;;;;;;;/q;6*-1;+6;+1;-1. The summed E-state index contributed by atoms with van der Waals surface area (Å²) in [5, 5.41) is 45.1. The van der Waals surface area contributed by atoms with E-state index in [2.05, 4.69) is 6.58 Å². The van der Waals surface area contributed by atoms with Gasteiger partial charge >= 0.3 is 74.4 Å². The number of hydrogen-bond acceptors (Lipinski definition) is 7. The minimum Gasteiger partial charge on any atom is -1.00 e. The van der Waals surface area contributed by atoms with Crippen LogP contribution < -0.4 is 51.4 Å². The Bertz CT molecular complexity index is 216. The number of carboxylic acid groups (broad SMARTS) is 1. The maximum atomic E-state index is 9.25. The Kier molecular flexibility index (Phi) is 2520. The molecule has 0 aliphatic rings. The third-order valence-electron chi connectivity index (χ3n) is 0.175. The van der Waals surface area contributed by atoms with E-state index >= 15 is 0 Å². The van der Waals surface area contributed by atoms with E-state index in [9.17, 15) is 4.79 Å². The van der Waals surface area contributed by atoms with Crippen LogP contribution in [-0.2, 0) is 21.9 Å². The first-order valence-electron chi connectivity index (χ1n) is 2.47. The summed E-state index contributed by atoms with van der Waals surface area (Å²) in [6, 6.07) is 0. The fourth-order valence-corrected chi connectivity index (χ4v) is 0. The van der Waals surface area contributed by atoms with Gasteiger partial charge in [-0.25, -0.2) is 4.79 Å². The van der Waals surface area contributed by atoms with Crippen LogP contribution in [-0.4, -0.2) is 11.1 Å². The summed E-state index contributed by atoms with van der Waals surface area (Å²) >= 11 is 0. The van der Waals surface area contributed by atoms with E-state index in [0.717, 1.165) is 6.08 Å². The summed E-state index contributed by atoms with van der Waals surface area (Å²) in [6.45, 7) is 31.5. The van der Waals surface area contributed by atoms with E-state index in [0.29, 0.717) is 0 Å². The largest absolute Gasteiger partial charge is 6.00 e. The van der Waals surface area contributed by atoms with E-state index in [4.69, 9.17) is 76.1 Å². The molecular formula is C9H5FeKN6O2. The second kappa shape index (κ2) is 718. The zero-order valence-corrected chi connectivity index (χ0v) is 13.9. The Morgan fingerprint density at radius 1 is 0.842 bits per heavy atom. The molecule has 1 N–H and O–H groups in total. The summed E-state index contributed by atoms with van der Waals surface area (Å²) in [5.41, 5.74) is 0. The molecule has 0 aliphatic carbocycles. The fourth-order valence-electron chi connectivity index (χ4n) is 0. The van der Waals surface area contributed by atoms with E-state index in [1.165, 1.54) is 0 Å². The van der Waals surface area contributed by atoms with Gasteiger partial charge in [0.15, 0.2) is 0 Å². The molecule has 0 aromatic heterocycles. The SMILES string of the molecule is C=CC(=O)O.[C-]#N.[C-]#N.[C-]#N.[C-]#N.[C-]#N.[C-]#N.[Fe+6].[H-].[K+]. The molecule has 0 fully saturated rings. The van der Waals surface area contributed by atoms with Crippen LogP contribution in [0, 0.1) is 71.0 Å². The number of carboxylic acids is 1. The Labute approximate surface area is 167 Å². The predicted molar refractivity (Wildman–Crippen MR) is 48.8 cm³/mol. The summed E-state index contributed by atoms with van der Waals surface area (Å²) in [4.78, 5) is 9.25. The van der Waals surface area contributed by atoms with Gasteiger partial charge in [-0.2, -0.15) is 0 Å². The average Bonchev–Trinajstić information content (AvgIpc) is 2.51. The van der Waals surface area contributed by atoms with E-state index in [1.807, 2.05) is 0 Å². The first-order valence-corrected chi connectivity index (χ1v) is 2.47. The van der Waals surface area contributed by atoms with Gasteiger partial charge in [0.05, 0.1) is 0 Å². The summed E-state index contributed by atoms with van der Waals surface area (Å²) < 4.78 is 0. The molecule has 0 atom stereocenters. The van der Waals surface area contributed by atoms with Crippen LogP contribution in [0.4, 0.5) is 0 Å². The molecule has 0 unspecified atom stereocenters. The van der Waals surface area contributed by atoms with Gasteiger partial charge in [0.25, 0.3) is 0 Å². The van der Waals surface area contributed by atoms with Crippen LogP contribution in [0.3, 0.4) is 0 Å². The van der Waals surface area contributed by atoms with Crippen molar-refractivity contribution >= 4 is 5.97 Å². The molecule has 0 saturated heterocycles. The third kappa shape index (κ3) is 35700. The van der Waals surface area contributed by atoms with Gasteiger partial charge in [-0.1, -0.05) is 6.58 Å². The minimum atomic E-state index is -0.981. The molecule has 0 aliphatic heterocycles. The molecule has 0 heterocycles. The van der Waals surface area contributed by atoms with Crippen molar-refractivity contribution in [3.63, 3.8) is 0 Å². The van der Waals surface area contributed by atoms with Gasteiger partial charge in [-0.3, -0.25) is 0 Å². The summed E-state index contributed by atoms with van der Waals surface area (Å²) in [7, 11) is 0. The molecule has 8 nitrogen and oxygen atoms in total. The number of hydrogen-bond donors (Lipinski definition) is 1. The maximum Gasteiger partial charge on any atom is 6.00 e. The molecule has 0 saturated carbocycles. The summed E-state index contributed by atoms with van der Waals surface area (Å²) in [5.74, 6) is -0.981. The van der Waals surface area contributed by atoms with Crippen LogP contribution in [0.2, 0.25) is 0 Å². The topological polar surface area (TPSA) is 180 Å². The fraction of sp³-hybridized carbons (Fsp3) is 0. The quantitative estimate of drug-likeness (QED) is 0.325. The van der Waals surface area contributed by atoms with Gasteiger partial charge in [0, 0.05) is 6.08 Å². The Morgan fingerprint density at radius 2 is 0.895 bits per heavy atom. The van der Waals surface area contributed by atoms with Gasteiger partial charge in [0.1, 0.15) is 0 Å². The smallest absolute Gasteiger partial charge is 1.00 e. The Balaban J connectivity index is -0.00000000750. The normalized spacial score (nSPS) is 2.32. The number of nitrogens with zero attached hydrogens (tertiary/aromatic N) is 6. The van der Waals surface area contributed by atoms with Crippen LogP contribution in [0.15, 0.2) is 12.7 Å². The molecule has 92 valence electrons. The Morgan fingerprint density at radius 3 is 0.895 bits per heavy atom. The molecule has 0 rings (SSSR count). The van der Waals surface area contributed by atoms with E-state index in [-0.39, 0.29) is 69.9 Å². The molecule has 0 spiro atoms. The van der Waals surface area contributed by atoms with Gasteiger partial charge in [0.2, 0.25) is 0 Å². The van der Waals surface area contributed by atoms with Crippen LogP contribution in [0.25, 0.3) is 0 Å². The molecular weight excluding hydrogens is 319 g/mol. The minimum absolute atomic E-state index is 0. The van der Waals surface area contributed by atoms with Crippen LogP contribution in [0.5, 0.6) is 0 Å². The summed E-state index contributed by atoms with van der Waals surface area (Å²) in [6.07, 6.45) is 0.833. The van der Waals surface area contributed by atoms with Gasteiger partial charge in [-0.15, -0.1) is 0 Å². The van der Waals surface area contributed by atoms with Gasteiger partial charge in [-0.05, 0) is 0 Å². The molecule has 10 heteroatoms. The monoisotopic (exact) mass is 324 g/mol. The van der Waals surface area contributed by atoms with E-state index in [1.54, 1.807) is 0 Å².